The quantitative estimate of drug-likeness (QED) is 0.575. The Hall–Kier alpha value is -0.950. The molecule has 1 aliphatic heterocycles. The highest BCUT2D eigenvalue weighted by Crippen LogP contribution is 2.33. The number of ether oxygens (including phenoxy) is 2. The van der Waals surface area contributed by atoms with Crippen LogP contribution in [0, 0.1) is 0 Å². The van der Waals surface area contributed by atoms with E-state index >= 15 is 0 Å². The number of piperidine rings is 1. The van der Waals surface area contributed by atoms with Gasteiger partial charge in [0, 0.05) is 25.2 Å². The van der Waals surface area contributed by atoms with Crippen LogP contribution in [0.5, 0.6) is 5.75 Å². The van der Waals surface area contributed by atoms with Crippen LogP contribution < -0.4 is 4.74 Å². The lowest BCUT2D eigenvalue weighted by Crippen LogP contribution is -2.35. The van der Waals surface area contributed by atoms with Gasteiger partial charge in [-0.3, -0.25) is 0 Å². The lowest BCUT2D eigenvalue weighted by Gasteiger charge is -2.27. The van der Waals surface area contributed by atoms with E-state index in [4.69, 9.17) is 21.1 Å². The largest absolute Gasteiger partial charge is 0.593 e. The average Bonchev–Trinajstić information content (AvgIpc) is 2.56. The van der Waals surface area contributed by atoms with Gasteiger partial charge in [0.15, 0.2) is 4.90 Å². The molecule has 1 fully saturated rings. The van der Waals surface area contributed by atoms with Crippen LogP contribution in [-0.2, 0) is 16.1 Å². The Bertz CT molecular complexity index is 549. The molecular formula is C16H22ClNO4S. The van der Waals surface area contributed by atoms with E-state index < -0.39 is 17.3 Å². The van der Waals surface area contributed by atoms with Crippen LogP contribution in [0.3, 0.4) is 0 Å². The molecule has 0 N–H and O–H groups in total. The third-order valence-electron chi connectivity index (χ3n) is 3.57. The number of nitrogens with zero attached hydrogens (tertiary/aromatic N) is 1. The number of rotatable bonds is 6. The molecule has 0 amide bonds. The molecule has 1 aliphatic rings. The summed E-state index contributed by atoms with van der Waals surface area (Å²) in [5.41, 5.74) is 0.262. The first-order chi connectivity index (χ1) is 11.1. The van der Waals surface area contributed by atoms with Crippen molar-refractivity contribution in [2.75, 3.05) is 26.3 Å². The minimum atomic E-state index is -1.39. The summed E-state index contributed by atoms with van der Waals surface area (Å²) in [5, 5.41) is 0.338. The smallest absolute Gasteiger partial charge is 0.342 e. The van der Waals surface area contributed by atoms with Gasteiger partial charge in [-0.15, -0.1) is 4.31 Å². The second-order valence-electron chi connectivity index (χ2n) is 5.17. The van der Waals surface area contributed by atoms with Crippen LogP contribution in [-0.4, -0.2) is 41.1 Å². The molecule has 0 radical (unpaired) electrons. The Labute approximate surface area is 145 Å². The predicted molar refractivity (Wildman–Crippen MR) is 90.4 cm³/mol. The second kappa shape index (κ2) is 8.78. The number of hydrogen-bond acceptors (Lipinski definition) is 5. The molecule has 5 nitrogen and oxygen atoms in total. The van der Waals surface area contributed by atoms with E-state index in [0.29, 0.717) is 22.3 Å². The number of carbonyl (C=O) groups is 1. The van der Waals surface area contributed by atoms with Gasteiger partial charge in [-0.25, -0.2) is 4.79 Å². The first-order valence-electron chi connectivity index (χ1n) is 7.88. The molecule has 1 unspecified atom stereocenters. The fourth-order valence-electron chi connectivity index (χ4n) is 2.48. The maximum Gasteiger partial charge on any atom is 0.342 e. The fourth-order valence-corrected chi connectivity index (χ4v) is 4.15. The van der Waals surface area contributed by atoms with E-state index in [9.17, 15) is 9.35 Å². The minimum Gasteiger partial charge on any atom is -0.593 e. The van der Waals surface area contributed by atoms with E-state index in [1.54, 1.807) is 13.0 Å². The van der Waals surface area contributed by atoms with E-state index in [0.717, 1.165) is 32.4 Å². The lowest BCUT2D eigenvalue weighted by molar-refractivity contribution is 0.0521. The molecule has 1 saturated heterocycles. The van der Waals surface area contributed by atoms with E-state index in [2.05, 4.69) is 0 Å². The van der Waals surface area contributed by atoms with Crippen molar-refractivity contribution >= 4 is 28.9 Å². The van der Waals surface area contributed by atoms with Gasteiger partial charge in [0.05, 0.1) is 24.6 Å². The molecule has 1 aromatic carbocycles. The molecule has 7 heteroatoms. The lowest BCUT2D eigenvalue weighted by atomic mass is 10.2. The first-order valence-corrected chi connectivity index (χ1v) is 9.37. The zero-order chi connectivity index (χ0) is 16.8. The Kier molecular flexibility index (Phi) is 7.02. The van der Waals surface area contributed by atoms with Gasteiger partial charge in [-0.1, -0.05) is 18.0 Å². The molecule has 23 heavy (non-hydrogen) atoms. The number of benzene rings is 1. The zero-order valence-electron chi connectivity index (χ0n) is 13.5. The standard InChI is InChI=1S/C16H22ClNO4S/c1-3-21-14-11-13(17)15(10-12(14)16(19)22-4-2)23(20)18-8-6-5-7-9-18/h10-11H,3-9H2,1-2H3. The average molecular weight is 360 g/mol. The van der Waals surface area contributed by atoms with Gasteiger partial charge in [0.1, 0.15) is 16.3 Å². The maximum atomic E-state index is 12.8. The van der Waals surface area contributed by atoms with Crippen LogP contribution in [0.4, 0.5) is 0 Å². The summed E-state index contributed by atoms with van der Waals surface area (Å²) >= 11 is 4.89. The van der Waals surface area contributed by atoms with Crippen LogP contribution in [0.15, 0.2) is 17.0 Å². The Morgan fingerprint density at radius 1 is 1.26 bits per heavy atom. The summed E-state index contributed by atoms with van der Waals surface area (Å²) in [7, 11) is 0. The van der Waals surface area contributed by atoms with Crippen molar-refractivity contribution in [1.82, 2.24) is 4.31 Å². The highest BCUT2D eigenvalue weighted by molar-refractivity contribution is 7.89. The SMILES string of the molecule is CCOC(=O)c1cc([S+]([O-])N2CCCCC2)c(Cl)cc1OCC. The first kappa shape index (κ1) is 18.4. The highest BCUT2D eigenvalue weighted by Gasteiger charge is 2.29. The summed E-state index contributed by atoms with van der Waals surface area (Å²) in [6.45, 7) is 5.76. The molecule has 1 heterocycles. The molecule has 0 bridgehead atoms. The molecular weight excluding hydrogens is 338 g/mol. The molecule has 0 aliphatic carbocycles. The predicted octanol–water partition coefficient (Wildman–Crippen LogP) is 3.42. The van der Waals surface area contributed by atoms with E-state index in [-0.39, 0.29) is 12.2 Å². The summed E-state index contributed by atoms with van der Waals surface area (Å²) in [6.07, 6.45) is 3.19. The monoisotopic (exact) mass is 359 g/mol. The highest BCUT2D eigenvalue weighted by atomic mass is 35.5. The normalized spacial score (nSPS) is 16.9. The zero-order valence-corrected chi connectivity index (χ0v) is 15.0. The van der Waals surface area contributed by atoms with Gasteiger partial charge in [-0.05, 0) is 26.7 Å². The van der Waals surface area contributed by atoms with Gasteiger partial charge in [-0.2, -0.15) is 0 Å². The molecule has 0 spiro atoms. The van der Waals surface area contributed by atoms with Crippen molar-refractivity contribution in [2.45, 2.75) is 38.0 Å². The third kappa shape index (κ3) is 4.53. The summed E-state index contributed by atoms with van der Waals surface area (Å²) in [6, 6.07) is 3.09. The molecule has 128 valence electrons. The van der Waals surface area contributed by atoms with Crippen LogP contribution >= 0.6 is 11.6 Å². The van der Waals surface area contributed by atoms with Gasteiger partial charge in [0.2, 0.25) is 0 Å². The molecule has 1 atom stereocenters. The van der Waals surface area contributed by atoms with Crippen molar-refractivity contribution in [3.63, 3.8) is 0 Å². The third-order valence-corrected chi connectivity index (χ3v) is 5.54. The van der Waals surface area contributed by atoms with Crippen molar-refractivity contribution < 1.29 is 18.8 Å². The molecule has 1 aromatic rings. The summed E-state index contributed by atoms with van der Waals surface area (Å²) in [5.74, 6) is -0.139. The van der Waals surface area contributed by atoms with Gasteiger partial charge < -0.3 is 14.0 Å². The van der Waals surface area contributed by atoms with Crippen molar-refractivity contribution in [3.05, 3.63) is 22.7 Å². The Balaban J connectivity index is 2.34. The summed E-state index contributed by atoms with van der Waals surface area (Å²) in [4.78, 5) is 12.6. The van der Waals surface area contributed by atoms with Crippen molar-refractivity contribution in [3.8, 4) is 5.75 Å². The molecule has 0 aromatic heterocycles. The molecule has 0 saturated carbocycles. The number of carbonyl (C=O) groups excluding carboxylic acids is 1. The fraction of sp³-hybridized carbons (Fsp3) is 0.562. The van der Waals surface area contributed by atoms with Gasteiger partial charge in [0.25, 0.3) is 0 Å². The van der Waals surface area contributed by atoms with Crippen molar-refractivity contribution in [1.29, 1.82) is 0 Å². The number of esters is 1. The summed E-state index contributed by atoms with van der Waals surface area (Å²) < 4.78 is 25.2. The Morgan fingerprint density at radius 2 is 1.96 bits per heavy atom. The van der Waals surface area contributed by atoms with E-state index in [1.165, 1.54) is 6.07 Å². The number of hydrogen-bond donors (Lipinski definition) is 0. The van der Waals surface area contributed by atoms with Crippen LogP contribution in [0.2, 0.25) is 5.02 Å². The van der Waals surface area contributed by atoms with Crippen LogP contribution in [0.25, 0.3) is 0 Å². The van der Waals surface area contributed by atoms with Gasteiger partial charge >= 0.3 is 5.97 Å². The van der Waals surface area contributed by atoms with Crippen LogP contribution in [0.1, 0.15) is 43.5 Å². The minimum absolute atomic E-state index is 0.261. The number of halogens is 1. The maximum absolute atomic E-state index is 12.8. The topological polar surface area (TPSA) is 61.8 Å². The second-order valence-corrected chi connectivity index (χ2v) is 7.03. The van der Waals surface area contributed by atoms with E-state index in [1.807, 2.05) is 11.2 Å². The van der Waals surface area contributed by atoms with Crippen molar-refractivity contribution in [2.24, 2.45) is 0 Å². The Morgan fingerprint density at radius 3 is 2.57 bits per heavy atom. The molecule has 2 rings (SSSR count).